The fourth-order valence-corrected chi connectivity index (χ4v) is 6.61. The molecule has 34 heavy (non-hydrogen) atoms. The van der Waals surface area contributed by atoms with E-state index in [1.807, 2.05) is 48.5 Å². The van der Waals surface area contributed by atoms with Crippen LogP contribution in [0.25, 0.3) is 10.1 Å². The van der Waals surface area contributed by atoms with Crippen molar-refractivity contribution in [1.29, 1.82) is 0 Å². The van der Waals surface area contributed by atoms with Crippen molar-refractivity contribution in [2.24, 2.45) is 5.16 Å². The van der Waals surface area contributed by atoms with Gasteiger partial charge >= 0.3 is 0 Å². The number of aromatic hydroxyl groups is 1. The van der Waals surface area contributed by atoms with Crippen LogP contribution in [0.2, 0.25) is 5.02 Å². The van der Waals surface area contributed by atoms with Crippen molar-refractivity contribution in [1.82, 2.24) is 4.90 Å². The first kappa shape index (κ1) is 21.5. The van der Waals surface area contributed by atoms with Crippen molar-refractivity contribution in [2.45, 2.75) is 31.7 Å². The van der Waals surface area contributed by atoms with Crippen LogP contribution in [0.15, 0.2) is 71.9 Å². The van der Waals surface area contributed by atoms with Crippen molar-refractivity contribution >= 4 is 38.7 Å². The molecule has 1 N–H and O–H groups in total. The van der Waals surface area contributed by atoms with Crippen LogP contribution in [0.4, 0.5) is 0 Å². The first-order valence-corrected chi connectivity index (χ1v) is 12.4. The van der Waals surface area contributed by atoms with Crippen LogP contribution in [0.3, 0.4) is 0 Å². The Bertz CT molecular complexity index is 1420. The van der Waals surface area contributed by atoms with Crippen LogP contribution >= 0.6 is 22.9 Å². The van der Waals surface area contributed by atoms with Gasteiger partial charge in [0.05, 0.1) is 23.8 Å². The summed E-state index contributed by atoms with van der Waals surface area (Å²) in [5.74, 6) is 0.423. The maximum absolute atomic E-state index is 10.6. The standard InChI is InChI=1S/C27H23ClN2O3S/c1-15-18-13-21(32-2)20(31)12-19(18)24-26(16-8-4-3-5-9-16)29-33-27(24)30(15)14-23-25(28)17-10-6-7-11-22(17)34-23/h3-13,15,24,27,31H,14H2,1-2H3/t15-,24+,27-/m1/s1. The Morgan fingerprint density at radius 3 is 2.62 bits per heavy atom. The van der Waals surface area contributed by atoms with E-state index in [0.29, 0.717) is 12.3 Å². The molecule has 4 aromatic rings. The topological polar surface area (TPSA) is 54.3 Å². The predicted octanol–water partition coefficient (Wildman–Crippen LogP) is 6.69. The smallest absolute Gasteiger partial charge is 0.194 e. The summed E-state index contributed by atoms with van der Waals surface area (Å²) in [6.45, 7) is 2.78. The summed E-state index contributed by atoms with van der Waals surface area (Å²) in [5, 5.41) is 17.0. The molecule has 172 valence electrons. The largest absolute Gasteiger partial charge is 0.504 e. The fraction of sp³-hybridized carbons (Fsp3) is 0.222. The summed E-state index contributed by atoms with van der Waals surface area (Å²) < 4.78 is 6.62. The van der Waals surface area contributed by atoms with Gasteiger partial charge in [-0.25, -0.2) is 0 Å². The summed E-state index contributed by atoms with van der Waals surface area (Å²) in [5.41, 5.74) is 3.96. The molecule has 0 aliphatic carbocycles. The molecule has 2 aliphatic rings. The second-order valence-corrected chi connectivity index (χ2v) is 10.2. The van der Waals surface area contributed by atoms with Crippen molar-refractivity contribution < 1.29 is 14.7 Å². The maximum atomic E-state index is 10.6. The van der Waals surface area contributed by atoms with E-state index < -0.39 is 0 Å². The average molecular weight is 491 g/mol. The molecule has 3 heterocycles. The molecule has 0 spiro atoms. The van der Waals surface area contributed by atoms with E-state index in [-0.39, 0.29) is 23.9 Å². The number of hydrogen-bond donors (Lipinski definition) is 1. The number of rotatable bonds is 4. The van der Waals surface area contributed by atoms with Gasteiger partial charge in [-0.15, -0.1) is 11.3 Å². The van der Waals surface area contributed by atoms with Crippen LogP contribution in [-0.2, 0) is 11.4 Å². The van der Waals surface area contributed by atoms with Gasteiger partial charge in [-0.2, -0.15) is 0 Å². The van der Waals surface area contributed by atoms with Crippen molar-refractivity contribution in [2.75, 3.05) is 7.11 Å². The third kappa shape index (κ3) is 3.28. The second-order valence-electron chi connectivity index (χ2n) is 8.65. The number of phenols is 1. The van der Waals surface area contributed by atoms with E-state index in [0.717, 1.165) is 37.7 Å². The first-order valence-electron chi connectivity index (χ1n) is 11.2. The lowest BCUT2D eigenvalue weighted by atomic mass is 9.80. The molecule has 0 radical (unpaired) electrons. The monoisotopic (exact) mass is 490 g/mol. The molecule has 0 bridgehead atoms. The Kier molecular flexibility index (Phi) is 5.25. The van der Waals surface area contributed by atoms with Crippen LogP contribution in [-0.4, -0.2) is 29.1 Å². The third-order valence-corrected chi connectivity index (χ3v) is 8.53. The predicted molar refractivity (Wildman–Crippen MR) is 136 cm³/mol. The molecule has 0 saturated heterocycles. The summed E-state index contributed by atoms with van der Waals surface area (Å²) in [6.07, 6.45) is -0.313. The summed E-state index contributed by atoms with van der Waals surface area (Å²) in [7, 11) is 1.57. The Balaban J connectivity index is 1.47. The molecule has 6 rings (SSSR count). The molecule has 3 aromatic carbocycles. The Morgan fingerprint density at radius 2 is 1.85 bits per heavy atom. The molecule has 0 saturated carbocycles. The lowest BCUT2D eigenvalue weighted by Gasteiger charge is -2.41. The Morgan fingerprint density at radius 1 is 1.09 bits per heavy atom. The summed E-state index contributed by atoms with van der Waals surface area (Å²) in [4.78, 5) is 9.51. The van der Waals surface area contributed by atoms with Crippen LogP contribution in [0, 0.1) is 0 Å². The van der Waals surface area contributed by atoms with Gasteiger partial charge in [0.1, 0.15) is 0 Å². The SMILES string of the molecule is COc1cc2c(cc1O)[C@H]1C(c3ccccc3)=NO[C@H]1N(Cc1sc3ccccc3c1Cl)[C@@H]2C. The number of thiophene rings is 1. The van der Waals surface area contributed by atoms with Gasteiger partial charge < -0.3 is 14.7 Å². The van der Waals surface area contributed by atoms with Crippen molar-refractivity contribution in [3.05, 3.63) is 93.3 Å². The van der Waals surface area contributed by atoms with Crippen LogP contribution in [0.5, 0.6) is 11.5 Å². The minimum Gasteiger partial charge on any atom is -0.504 e. The number of phenolic OH excluding ortho intramolecular Hbond substituents is 1. The first-order chi connectivity index (χ1) is 16.6. The van der Waals surface area contributed by atoms with E-state index in [2.05, 4.69) is 29.1 Å². The molecule has 2 aliphatic heterocycles. The molecule has 5 nitrogen and oxygen atoms in total. The zero-order valence-corrected chi connectivity index (χ0v) is 20.3. The quantitative estimate of drug-likeness (QED) is 0.346. The normalized spacial score (nSPS) is 21.6. The molecule has 1 aromatic heterocycles. The van der Waals surface area contributed by atoms with E-state index in [9.17, 15) is 5.11 Å². The van der Waals surface area contributed by atoms with Gasteiger partial charge in [-0.05, 0) is 36.2 Å². The number of methoxy groups -OCH3 is 1. The number of fused-ring (bicyclic) bond motifs is 4. The van der Waals surface area contributed by atoms with Gasteiger partial charge in [-0.1, -0.05) is 65.3 Å². The van der Waals surface area contributed by atoms with Gasteiger partial charge in [0.2, 0.25) is 0 Å². The number of benzene rings is 3. The lowest BCUT2D eigenvalue weighted by molar-refractivity contribution is -0.0772. The minimum absolute atomic E-state index is 0.00245. The van der Waals surface area contributed by atoms with Crippen LogP contribution in [0.1, 0.15) is 40.5 Å². The van der Waals surface area contributed by atoms with E-state index in [4.69, 9.17) is 21.2 Å². The average Bonchev–Trinajstić information content (AvgIpc) is 3.44. The number of halogens is 1. The van der Waals surface area contributed by atoms with Gasteiger partial charge in [-0.3, -0.25) is 4.90 Å². The van der Waals surface area contributed by atoms with Crippen molar-refractivity contribution in [3.8, 4) is 11.5 Å². The highest BCUT2D eigenvalue weighted by atomic mass is 35.5. The highest BCUT2D eigenvalue weighted by molar-refractivity contribution is 7.19. The molecular formula is C27H23ClN2O3S. The van der Waals surface area contributed by atoms with Crippen molar-refractivity contribution in [3.63, 3.8) is 0 Å². The molecule has 0 fully saturated rings. The van der Waals surface area contributed by atoms with Gasteiger partial charge in [0, 0.05) is 33.1 Å². The summed E-state index contributed by atoms with van der Waals surface area (Å²) >= 11 is 8.53. The van der Waals surface area contributed by atoms with E-state index >= 15 is 0 Å². The molecule has 0 amide bonds. The second kappa shape index (κ2) is 8.31. The highest BCUT2D eigenvalue weighted by Gasteiger charge is 2.48. The zero-order valence-electron chi connectivity index (χ0n) is 18.7. The molecule has 3 atom stereocenters. The Hall–Kier alpha value is -3.06. The van der Waals surface area contributed by atoms with Gasteiger partial charge in [0.15, 0.2) is 17.7 Å². The van der Waals surface area contributed by atoms with E-state index in [1.165, 1.54) is 4.70 Å². The molecule has 0 unspecified atom stereocenters. The number of ether oxygens (including phenoxy) is 1. The zero-order chi connectivity index (χ0) is 23.4. The number of oxime groups is 1. The Labute approximate surface area is 206 Å². The fourth-order valence-electron chi connectivity index (χ4n) is 5.11. The number of hydrogen-bond acceptors (Lipinski definition) is 6. The highest BCUT2D eigenvalue weighted by Crippen LogP contribution is 2.49. The van der Waals surface area contributed by atoms with Crippen LogP contribution < -0.4 is 4.74 Å². The summed E-state index contributed by atoms with van der Waals surface area (Å²) in [6, 6.07) is 22.0. The number of nitrogens with zero attached hydrogens (tertiary/aromatic N) is 2. The van der Waals surface area contributed by atoms with E-state index in [1.54, 1.807) is 24.5 Å². The maximum Gasteiger partial charge on any atom is 0.194 e. The van der Waals surface area contributed by atoms with Gasteiger partial charge in [0.25, 0.3) is 0 Å². The lowest BCUT2D eigenvalue weighted by Crippen LogP contribution is -2.45. The minimum atomic E-state index is -0.313. The molecule has 7 heteroatoms. The third-order valence-electron chi connectivity index (χ3n) is 6.83. The molecular weight excluding hydrogens is 468 g/mol.